The Hall–Kier alpha value is -4.12. The van der Waals surface area contributed by atoms with Crippen LogP contribution in [0.5, 0.6) is 0 Å². The van der Waals surface area contributed by atoms with Gasteiger partial charge in [0.2, 0.25) is 5.91 Å². The van der Waals surface area contributed by atoms with Crippen LogP contribution in [0.2, 0.25) is 0 Å². The van der Waals surface area contributed by atoms with Crippen LogP contribution in [0.4, 0.5) is 20.3 Å². The summed E-state index contributed by atoms with van der Waals surface area (Å²) in [5.74, 6) is -1.08. The lowest BCUT2D eigenvalue weighted by Gasteiger charge is -2.35. The van der Waals surface area contributed by atoms with Crippen molar-refractivity contribution in [2.75, 3.05) is 10.6 Å². The molecule has 5 aromatic rings. The highest BCUT2D eigenvalue weighted by molar-refractivity contribution is 7.13. The van der Waals surface area contributed by atoms with Crippen molar-refractivity contribution in [2.45, 2.75) is 39.2 Å². The Morgan fingerprint density at radius 2 is 1.97 bits per heavy atom. The zero-order valence-corrected chi connectivity index (χ0v) is 20.9. The van der Waals surface area contributed by atoms with Crippen molar-refractivity contribution in [1.82, 2.24) is 19.5 Å². The van der Waals surface area contributed by atoms with Crippen LogP contribution >= 0.6 is 11.3 Å². The van der Waals surface area contributed by atoms with Gasteiger partial charge in [0.05, 0.1) is 17.4 Å². The van der Waals surface area contributed by atoms with Crippen LogP contribution < -0.4 is 10.6 Å². The number of rotatable bonds is 4. The molecule has 1 amide bonds. The Balaban J connectivity index is 1.56. The highest BCUT2D eigenvalue weighted by Gasteiger charge is 2.35. The van der Waals surface area contributed by atoms with Crippen molar-refractivity contribution in [3.8, 4) is 21.8 Å². The molecule has 11 heteroatoms. The van der Waals surface area contributed by atoms with Crippen LogP contribution in [-0.4, -0.2) is 25.4 Å². The number of halogens is 2. The lowest BCUT2D eigenvalue weighted by atomic mass is 9.96. The Morgan fingerprint density at radius 1 is 1.14 bits per heavy atom. The molecule has 1 atom stereocenters. The Kier molecular flexibility index (Phi) is 5.52. The standard InChI is InChI=1S/C26H22F2N6O2S/c1-13-23(14(2)36-32-13)15-8-9-33-21(10-15)31-24(25(33)26-30-20(29)12-37-26)19-4-3-5-22(35)34(19)16-6-7-17(27)18(28)11-16/h6-12,19H,3-5,29H2,1-2H3/t19-/m0/s1. The molecule has 188 valence electrons. The lowest BCUT2D eigenvalue weighted by molar-refractivity contribution is -0.120. The number of fused-ring (bicyclic) bond motifs is 1. The number of carbonyl (C=O) groups excluding carboxylic acids is 1. The molecule has 0 spiro atoms. The van der Waals surface area contributed by atoms with Crippen LogP contribution in [0.3, 0.4) is 0 Å². The molecule has 1 aliphatic heterocycles. The number of nitrogens with two attached hydrogens (primary N) is 1. The average Bonchev–Trinajstić information content (AvgIpc) is 3.56. The highest BCUT2D eigenvalue weighted by atomic mass is 32.1. The number of nitrogens with zero attached hydrogens (tertiary/aromatic N) is 5. The van der Waals surface area contributed by atoms with Gasteiger partial charge in [0.25, 0.3) is 0 Å². The third-order valence-electron chi connectivity index (χ3n) is 6.65. The van der Waals surface area contributed by atoms with E-state index in [1.165, 1.54) is 22.3 Å². The van der Waals surface area contributed by atoms with E-state index in [-0.39, 0.29) is 11.6 Å². The number of imidazole rings is 1. The van der Waals surface area contributed by atoms with E-state index < -0.39 is 17.7 Å². The molecule has 8 nitrogen and oxygen atoms in total. The molecule has 1 aromatic carbocycles. The third kappa shape index (κ3) is 3.86. The summed E-state index contributed by atoms with van der Waals surface area (Å²) in [5.41, 5.74) is 10.8. The van der Waals surface area contributed by atoms with Crippen LogP contribution in [0.15, 0.2) is 46.4 Å². The van der Waals surface area contributed by atoms with Crippen molar-refractivity contribution in [3.05, 3.63) is 70.7 Å². The quantitative estimate of drug-likeness (QED) is 0.319. The zero-order chi connectivity index (χ0) is 25.8. The van der Waals surface area contributed by atoms with Crippen LogP contribution in [-0.2, 0) is 4.79 Å². The van der Waals surface area contributed by atoms with Crippen molar-refractivity contribution < 1.29 is 18.1 Å². The second kappa shape index (κ2) is 8.77. The number of anilines is 2. The minimum atomic E-state index is -1.01. The number of piperidine rings is 1. The molecule has 5 heterocycles. The minimum absolute atomic E-state index is 0.180. The summed E-state index contributed by atoms with van der Waals surface area (Å²) in [6.45, 7) is 3.73. The number of amides is 1. The molecule has 0 bridgehead atoms. The van der Waals surface area contributed by atoms with E-state index >= 15 is 0 Å². The number of carbonyl (C=O) groups is 1. The minimum Gasteiger partial charge on any atom is -0.383 e. The summed E-state index contributed by atoms with van der Waals surface area (Å²) >= 11 is 1.37. The maximum atomic E-state index is 14.2. The first-order valence-corrected chi connectivity index (χ1v) is 12.6. The Labute approximate surface area is 214 Å². The number of thiazole rings is 1. The normalized spacial score (nSPS) is 16.2. The van der Waals surface area contributed by atoms with E-state index in [0.29, 0.717) is 52.9 Å². The number of aromatic nitrogens is 4. The maximum Gasteiger partial charge on any atom is 0.227 e. The molecule has 1 fully saturated rings. The van der Waals surface area contributed by atoms with E-state index in [2.05, 4.69) is 10.1 Å². The van der Waals surface area contributed by atoms with Crippen molar-refractivity contribution in [3.63, 3.8) is 0 Å². The van der Waals surface area contributed by atoms with Crippen molar-refractivity contribution >= 4 is 34.4 Å². The summed E-state index contributed by atoms with van der Waals surface area (Å²) in [6, 6.07) is 6.88. The monoisotopic (exact) mass is 520 g/mol. The van der Waals surface area contributed by atoms with Gasteiger partial charge in [-0.1, -0.05) is 5.16 Å². The molecular weight excluding hydrogens is 498 g/mol. The van der Waals surface area contributed by atoms with Crippen LogP contribution in [0.1, 0.15) is 42.5 Å². The molecule has 1 aliphatic rings. The van der Waals surface area contributed by atoms with Crippen molar-refractivity contribution in [1.29, 1.82) is 0 Å². The Bertz CT molecular complexity index is 1650. The van der Waals surface area contributed by atoms with Gasteiger partial charge in [-0.25, -0.2) is 18.7 Å². The van der Waals surface area contributed by atoms with Gasteiger partial charge in [-0.2, -0.15) is 0 Å². The second-order valence-corrected chi connectivity index (χ2v) is 9.89. The SMILES string of the molecule is Cc1noc(C)c1-c1ccn2c(-c3nc(N)cs3)c([C@@H]3CCCC(=O)N3c3ccc(F)c(F)c3)nc2c1. The first kappa shape index (κ1) is 23.3. The zero-order valence-electron chi connectivity index (χ0n) is 20.0. The predicted octanol–water partition coefficient (Wildman–Crippen LogP) is 5.85. The molecule has 0 saturated carbocycles. The summed E-state index contributed by atoms with van der Waals surface area (Å²) in [4.78, 5) is 24.1. The smallest absolute Gasteiger partial charge is 0.227 e. The van der Waals surface area contributed by atoms with Gasteiger partial charge in [0.15, 0.2) is 11.6 Å². The largest absolute Gasteiger partial charge is 0.383 e. The molecular formula is C26H22F2N6O2S. The van der Waals surface area contributed by atoms with E-state index in [1.54, 1.807) is 5.38 Å². The molecule has 4 aromatic heterocycles. The number of nitrogen functional groups attached to an aromatic ring is 1. The van der Waals surface area contributed by atoms with Crippen molar-refractivity contribution in [2.24, 2.45) is 0 Å². The fourth-order valence-corrected chi connectivity index (χ4v) is 5.80. The number of hydrogen-bond acceptors (Lipinski definition) is 7. The third-order valence-corrected chi connectivity index (χ3v) is 7.51. The number of aryl methyl sites for hydroxylation is 2. The van der Waals surface area contributed by atoms with Gasteiger partial charge >= 0.3 is 0 Å². The average molecular weight is 521 g/mol. The molecule has 0 aliphatic carbocycles. The molecule has 37 heavy (non-hydrogen) atoms. The summed E-state index contributed by atoms with van der Waals surface area (Å²) in [5, 5.41) is 6.45. The molecule has 6 rings (SSSR count). The highest BCUT2D eigenvalue weighted by Crippen LogP contribution is 2.42. The number of hydrogen-bond donors (Lipinski definition) is 1. The predicted molar refractivity (Wildman–Crippen MR) is 136 cm³/mol. The van der Waals surface area contributed by atoms with E-state index in [4.69, 9.17) is 15.2 Å². The number of benzene rings is 1. The second-order valence-electron chi connectivity index (χ2n) is 9.04. The van der Waals surface area contributed by atoms with Gasteiger partial charge in [0, 0.05) is 35.3 Å². The van der Waals surface area contributed by atoms with E-state index in [0.717, 1.165) is 29.0 Å². The fourth-order valence-electron chi connectivity index (χ4n) is 5.04. The van der Waals surface area contributed by atoms with Gasteiger partial charge in [-0.15, -0.1) is 11.3 Å². The Morgan fingerprint density at radius 3 is 2.68 bits per heavy atom. The maximum absolute atomic E-state index is 14.2. The lowest BCUT2D eigenvalue weighted by Crippen LogP contribution is -2.38. The van der Waals surface area contributed by atoms with Crippen LogP contribution in [0, 0.1) is 25.5 Å². The van der Waals surface area contributed by atoms with Gasteiger partial charge in [-0.05, 0) is 56.5 Å². The first-order valence-electron chi connectivity index (χ1n) is 11.8. The molecule has 1 saturated heterocycles. The summed E-state index contributed by atoms with van der Waals surface area (Å²) in [6.07, 6.45) is 3.44. The fraction of sp³-hybridized carbons (Fsp3) is 0.231. The topological polar surface area (TPSA) is 103 Å². The van der Waals surface area contributed by atoms with E-state index in [9.17, 15) is 13.6 Å². The van der Waals surface area contributed by atoms with E-state index in [1.807, 2.05) is 36.6 Å². The molecule has 0 unspecified atom stereocenters. The summed E-state index contributed by atoms with van der Waals surface area (Å²) in [7, 11) is 0. The van der Waals surface area contributed by atoms with Gasteiger partial charge < -0.3 is 15.2 Å². The molecule has 0 radical (unpaired) electrons. The van der Waals surface area contributed by atoms with Crippen LogP contribution in [0.25, 0.3) is 27.5 Å². The number of pyridine rings is 1. The van der Waals surface area contributed by atoms with Gasteiger partial charge in [-0.3, -0.25) is 9.20 Å². The van der Waals surface area contributed by atoms with Gasteiger partial charge in [0.1, 0.15) is 27.9 Å². The summed E-state index contributed by atoms with van der Waals surface area (Å²) < 4.78 is 35.1. The molecule has 2 N–H and O–H groups in total. The first-order chi connectivity index (χ1) is 17.8.